The number of benzene rings is 3. The maximum Gasteiger partial charge on any atom is 0.335 e. The second kappa shape index (κ2) is 15.2. The minimum Gasteiger partial charge on any atom is -0.492 e. The molecule has 0 unspecified atom stereocenters. The molecule has 0 aromatic heterocycles. The highest BCUT2D eigenvalue weighted by Crippen LogP contribution is 2.39. The molecule has 0 aliphatic carbocycles. The van der Waals surface area contributed by atoms with Crippen LogP contribution in [0.1, 0.15) is 22.3 Å². The smallest absolute Gasteiger partial charge is 0.335 e. The lowest BCUT2D eigenvalue weighted by molar-refractivity contribution is -0.122. The van der Waals surface area contributed by atoms with Crippen molar-refractivity contribution in [2.24, 2.45) is 0 Å². The van der Waals surface area contributed by atoms with Crippen molar-refractivity contribution in [3.05, 3.63) is 86.7 Å². The molecule has 2 amide bonds. The van der Waals surface area contributed by atoms with E-state index in [1.54, 1.807) is 30.3 Å². The first kappa shape index (κ1) is 32.9. The number of carboxylic acid groups (broad SMARTS) is 1. The highest BCUT2D eigenvalue weighted by atomic mass is 35.5. The average Bonchev–Trinajstić information content (AvgIpc) is 3.28. The molecule has 2 N–H and O–H groups in total. The lowest BCUT2D eigenvalue weighted by Crippen LogP contribution is -2.38. The van der Waals surface area contributed by atoms with E-state index in [4.69, 9.17) is 50.0 Å². The third-order valence-corrected chi connectivity index (χ3v) is 9.05. The summed E-state index contributed by atoms with van der Waals surface area (Å²) < 4.78 is 12.0. The summed E-state index contributed by atoms with van der Waals surface area (Å²) >= 11 is 19.4. The van der Waals surface area contributed by atoms with Crippen molar-refractivity contribution in [1.82, 2.24) is 9.80 Å². The molecular formula is C32H29Cl2N3O6S2. The van der Waals surface area contributed by atoms with Crippen molar-refractivity contribution in [2.75, 3.05) is 51.3 Å². The number of thioether (sulfide) groups is 1. The minimum absolute atomic E-state index is 0.0211. The molecule has 0 atom stereocenters. The lowest BCUT2D eigenvalue weighted by atomic mass is 10.0. The summed E-state index contributed by atoms with van der Waals surface area (Å²) in [6, 6.07) is 16.8. The molecule has 45 heavy (non-hydrogen) atoms. The summed E-state index contributed by atoms with van der Waals surface area (Å²) in [5.74, 6) is -1.12. The third kappa shape index (κ3) is 8.63. The van der Waals surface area contributed by atoms with Crippen molar-refractivity contribution in [3.63, 3.8) is 0 Å². The van der Waals surface area contributed by atoms with Crippen LogP contribution in [0.4, 0.5) is 5.69 Å². The second-order valence-electron chi connectivity index (χ2n) is 10.2. The zero-order valence-corrected chi connectivity index (χ0v) is 27.1. The SMILES string of the molecule is O=C(CCN1C(=O)C(=Cc2ccc(OCCN3CCOCC3)c(-c3ccc(Cl)cc3Cl)c2)SC1=S)Nc1cccc(C(=O)O)c1. The van der Waals surface area contributed by atoms with Gasteiger partial charge in [0.1, 0.15) is 16.7 Å². The first-order valence-corrected chi connectivity index (χ1v) is 16.1. The van der Waals surface area contributed by atoms with Gasteiger partial charge in [0, 0.05) is 54.4 Å². The summed E-state index contributed by atoms with van der Waals surface area (Å²) in [4.78, 5) is 41.1. The molecule has 3 aromatic rings. The van der Waals surface area contributed by atoms with Gasteiger partial charge >= 0.3 is 5.97 Å². The molecule has 2 heterocycles. The van der Waals surface area contributed by atoms with Crippen molar-refractivity contribution < 1.29 is 29.0 Å². The van der Waals surface area contributed by atoms with Gasteiger partial charge in [0.2, 0.25) is 5.91 Å². The fraction of sp³-hybridized carbons (Fsp3) is 0.250. The van der Waals surface area contributed by atoms with E-state index in [2.05, 4.69) is 10.2 Å². The van der Waals surface area contributed by atoms with Crippen LogP contribution in [0.3, 0.4) is 0 Å². The monoisotopic (exact) mass is 685 g/mol. The number of carboxylic acids is 1. The quantitative estimate of drug-likeness (QED) is 0.178. The van der Waals surface area contributed by atoms with Crippen LogP contribution in [0, 0.1) is 0 Å². The normalized spacial score (nSPS) is 16.3. The summed E-state index contributed by atoms with van der Waals surface area (Å²) in [5.41, 5.74) is 2.66. The molecule has 0 bridgehead atoms. The van der Waals surface area contributed by atoms with Gasteiger partial charge in [-0.2, -0.15) is 0 Å². The molecule has 13 heteroatoms. The second-order valence-corrected chi connectivity index (χ2v) is 12.7. The number of hydrogen-bond acceptors (Lipinski definition) is 8. The predicted molar refractivity (Wildman–Crippen MR) is 181 cm³/mol. The van der Waals surface area contributed by atoms with E-state index < -0.39 is 5.97 Å². The van der Waals surface area contributed by atoms with Crippen LogP contribution in [0.2, 0.25) is 10.0 Å². The van der Waals surface area contributed by atoms with Crippen LogP contribution in [-0.2, 0) is 14.3 Å². The number of nitrogens with zero attached hydrogens (tertiary/aromatic N) is 2. The van der Waals surface area contributed by atoms with Gasteiger partial charge in [0.05, 0.1) is 28.7 Å². The summed E-state index contributed by atoms with van der Waals surface area (Å²) in [6.45, 7) is 4.46. The van der Waals surface area contributed by atoms with E-state index in [9.17, 15) is 14.4 Å². The maximum atomic E-state index is 13.3. The van der Waals surface area contributed by atoms with Gasteiger partial charge in [0.15, 0.2) is 0 Å². The molecular weight excluding hydrogens is 657 g/mol. The number of rotatable bonds is 11. The Morgan fingerprint density at radius 2 is 1.84 bits per heavy atom. The minimum atomic E-state index is -1.09. The summed E-state index contributed by atoms with van der Waals surface area (Å²) in [7, 11) is 0. The van der Waals surface area contributed by atoms with Crippen LogP contribution in [0.15, 0.2) is 65.6 Å². The van der Waals surface area contributed by atoms with Crippen molar-refractivity contribution in [3.8, 4) is 16.9 Å². The number of nitrogens with one attached hydrogen (secondary N) is 1. The molecule has 9 nitrogen and oxygen atoms in total. The van der Waals surface area contributed by atoms with E-state index >= 15 is 0 Å². The molecule has 5 rings (SSSR count). The zero-order chi connectivity index (χ0) is 31.9. The maximum absolute atomic E-state index is 13.3. The highest BCUT2D eigenvalue weighted by Gasteiger charge is 2.32. The first-order chi connectivity index (χ1) is 21.7. The van der Waals surface area contributed by atoms with E-state index in [-0.39, 0.29) is 30.3 Å². The fourth-order valence-corrected chi connectivity index (χ4v) is 6.62. The topological polar surface area (TPSA) is 108 Å². The molecule has 3 aromatic carbocycles. The standard InChI is InChI=1S/C32H29Cl2N3O6S2/c33-22-5-6-24(26(34)19-22)25-16-20(4-7-27(25)43-15-12-36-10-13-42-14-11-36)17-28-30(39)37(32(44)45-28)9-8-29(38)35-23-3-1-2-21(18-23)31(40)41/h1-7,16-19H,8-15H2,(H,35,38)(H,40,41). The zero-order valence-electron chi connectivity index (χ0n) is 24.0. The molecule has 2 fully saturated rings. The Hall–Kier alpha value is -3.45. The fourth-order valence-electron chi connectivity index (χ4n) is 4.80. The van der Waals surface area contributed by atoms with Gasteiger partial charge in [-0.3, -0.25) is 19.4 Å². The number of halogens is 2. The van der Waals surface area contributed by atoms with E-state index in [1.165, 1.54) is 17.0 Å². The van der Waals surface area contributed by atoms with Gasteiger partial charge in [-0.1, -0.05) is 65.4 Å². The predicted octanol–water partition coefficient (Wildman–Crippen LogP) is 6.30. The Bertz CT molecular complexity index is 1660. The van der Waals surface area contributed by atoms with Gasteiger partial charge in [-0.15, -0.1) is 0 Å². The Kier molecular flexibility index (Phi) is 11.1. The van der Waals surface area contributed by atoms with Gasteiger partial charge in [0.25, 0.3) is 5.91 Å². The number of carbonyl (C=O) groups is 3. The van der Waals surface area contributed by atoms with Crippen LogP contribution >= 0.6 is 47.2 Å². The van der Waals surface area contributed by atoms with E-state index in [0.717, 1.165) is 48.1 Å². The number of aromatic carboxylic acids is 1. The molecule has 2 aliphatic heterocycles. The molecule has 0 saturated carbocycles. The number of carbonyl (C=O) groups excluding carboxylic acids is 2. The van der Waals surface area contributed by atoms with Crippen LogP contribution in [0.25, 0.3) is 17.2 Å². The third-order valence-electron chi connectivity index (χ3n) is 7.12. The van der Waals surface area contributed by atoms with E-state index in [1.807, 2.05) is 24.3 Å². The van der Waals surface area contributed by atoms with Gasteiger partial charge in [-0.05, 0) is 54.1 Å². The Morgan fingerprint density at radius 1 is 1.04 bits per heavy atom. The van der Waals surface area contributed by atoms with Crippen LogP contribution in [0.5, 0.6) is 5.75 Å². The highest BCUT2D eigenvalue weighted by molar-refractivity contribution is 8.26. The largest absolute Gasteiger partial charge is 0.492 e. The van der Waals surface area contributed by atoms with Gasteiger partial charge < -0.3 is 19.9 Å². The van der Waals surface area contributed by atoms with Crippen LogP contribution < -0.4 is 10.1 Å². The van der Waals surface area contributed by atoms with Crippen molar-refractivity contribution >= 4 is 81.0 Å². The van der Waals surface area contributed by atoms with Gasteiger partial charge in [-0.25, -0.2) is 4.79 Å². The summed E-state index contributed by atoms with van der Waals surface area (Å²) in [6.07, 6.45) is 1.73. The van der Waals surface area contributed by atoms with E-state index in [0.29, 0.717) is 50.5 Å². The lowest BCUT2D eigenvalue weighted by Gasteiger charge is -2.26. The number of hydrogen-bond donors (Lipinski definition) is 2. The number of ether oxygens (including phenoxy) is 2. The molecule has 0 radical (unpaired) electrons. The molecule has 0 spiro atoms. The Balaban J connectivity index is 1.28. The number of thiocarbonyl (C=S) groups is 1. The first-order valence-electron chi connectivity index (χ1n) is 14.1. The molecule has 2 aliphatic rings. The molecule has 2 saturated heterocycles. The Labute approximate surface area is 280 Å². The number of amides is 2. The van der Waals surface area contributed by atoms with Crippen molar-refractivity contribution in [1.29, 1.82) is 0 Å². The molecule has 234 valence electrons. The number of morpholine rings is 1. The number of anilines is 1. The Morgan fingerprint density at radius 3 is 2.60 bits per heavy atom. The summed E-state index contributed by atoms with van der Waals surface area (Å²) in [5, 5.41) is 12.8. The van der Waals surface area contributed by atoms with Crippen molar-refractivity contribution in [2.45, 2.75) is 6.42 Å². The average molecular weight is 687 g/mol. The van der Waals surface area contributed by atoms with Crippen LogP contribution in [-0.4, -0.2) is 83.0 Å².